The lowest BCUT2D eigenvalue weighted by Gasteiger charge is -2.39. The van der Waals surface area contributed by atoms with Gasteiger partial charge in [0.1, 0.15) is 0 Å². The Kier molecular flexibility index (Phi) is 4.13. The molecule has 3 fully saturated rings. The third-order valence-electron chi connectivity index (χ3n) is 5.66. The zero-order valence-electron chi connectivity index (χ0n) is 11.9. The lowest BCUT2D eigenvalue weighted by molar-refractivity contribution is -0.0577. The van der Waals surface area contributed by atoms with E-state index in [1.807, 2.05) is 0 Å². The number of ether oxygens (including phenoxy) is 1. The summed E-state index contributed by atoms with van der Waals surface area (Å²) in [4.78, 5) is 2.62. The molecule has 0 bridgehead atoms. The van der Waals surface area contributed by atoms with E-state index in [1.54, 1.807) is 0 Å². The van der Waals surface area contributed by atoms with E-state index in [0.29, 0.717) is 18.1 Å². The second kappa shape index (κ2) is 5.68. The zero-order valence-corrected chi connectivity index (χ0v) is 11.9. The van der Waals surface area contributed by atoms with Gasteiger partial charge in [-0.25, -0.2) is 0 Å². The molecule has 3 aliphatic rings. The van der Waals surface area contributed by atoms with Crippen LogP contribution in [0.25, 0.3) is 0 Å². The van der Waals surface area contributed by atoms with E-state index in [-0.39, 0.29) is 12.1 Å². The van der Waals surface area contributed by atoms with Crippen LogP contribution in [0.15, 0.2) is 0 Å². The van der Waals surface area contributed by atoms with Crippen molar-refractivity contribution in [2.45, 2.75) is 62.6 Å². The summed E-state index contributed by atoms with van der Waals surface area (Å²) < 4.78 is 5.86. The van der Waals surface area contributed by atoms with Crippen molar-refractivity contribution in [2.75, 3.05) is 26.3 Å². The van der Waals surface area contributed by atoms with E-state index in [0.717, 1.165) is 32.5 Å². The molecule has 3 N–H and O–H groups in total. The molecule has 1 heterocycles. The predicted octanol–water partition coefficient (Wildman–Crippen LogP) is 1.12. The minimum absolute atomic E-state index is 0.146. The van der Waals surface area contributed by atoms with Crippen molar-refractivity contribution in [3.63, 3.8) is 0 Å². The molecule has 1 aliphatic heterocycles. The highest BCUT2D eigenvalue weighted by Crippen LogP contribution is 2.37. The molecule has 0 aromatic rings. The van der Waals surface area contributed by atoms with Gasteiger partial charge in [-0.05, 0) is 51.0 Å². The Bertz CT molecular complexity index is 313. The number of hydrogen-bond donors (Lipinski definition) is 2. The normalized spacial score (nSPS) is 43.6. The van der Waals surface area contributed by atoms with Crippen LogP contribution in [0.5, 0.6) is 0 Å². The van der Waals surface area contributed by atoms with Gasteiger partial charge < -0.3 is 15.6 Å². The van der Waals surface area contributed by atoms with Crippen LogP contribution in [-0.4, -0.2) is 54.0 Å². The van der Waals surface area contributed by atoms with E-state index >= 15 is 0 Å². The van der Waals surface area contributed by atoms with Crippen molar-refractivity contribution in [1.82, 2.24) is 4.90 Å². The quantitative estimate of drug-likeness (QED) is 0.802. The molecule has 0 spiro atoms. The first kappa shape index (κ1) is 13.8. The van der Waals surface area contributed by atoms with Crippen LogP contribution in [0.1, 0.15) is 44.9 Å². The van der Waals surface area contributed by atoms with Crippen LogP contribution in [0.3, 0.4) is 0 Å². The number of rotatable bonds is 4. The molecule has 4 unspecified atom stereocenters. The number of nitrogens with two attached hydrogens (primary N) is 1. The molecule has 3 rings (SSSR count). The second-order valence-corrected chi connectivity index (χ2v) is 6.71. The fraction of sp³-hybridized carbons (Fsp3) is 1.00. The second-order valence-electron chi connectivity index (χ2n) is 6.71. The van der Waals surface area contributed by atoms with Gasteiger partial charge in [-0.3, -0.25) is 4.90 Å². The van der Waals surface area contributed by atoms with Gasteiger partial charge in [0.2, 0.25) is 0 Å². The summed E-state index contributed by atoms with van der Waals surface area (Å²) in [6.07, 6.45) is 8.83. The maximum Gasteiger partial charge on any atom is 0.0730 e. The van der Waals surface area contributed by atoms with Gasteiger partial charge in [0, 0.05) is 18.1 Å². The average Bonchev–Trinajstić information content (AvgIpc) is 3.03. The summed E-state index contributed by atoms with van der Waals surface area (Å²) in [5.41, 5.74) is 6.03. The Hall–Kier alpha value is -0.160. The largest absolute Gasteiger partial charge is 0.394 e. The SMILES string of the molecule is NC1(CO)CCCC1CCN1CCOC2CCCC21. The van der Waals surface area contributed by atoms with Crippen molar-refractivity contribution in [3.05, 3.63) is 0 Å². The third-order valence-corrected chi connectivity index (χ3v) is 5.66. The van der Waals surface area contributed by atoms with E-state index in [9.17, 15) is 5.11 Å². The summed E-state index contributed by atoms with van der Waals surface area (Å²) in [6.45, 7) is 3.24. The van der Waals surface area contributed by atoms with Gasteiger partial charge in [-0.15, -0.1) is 0 Å². The monoisotopic (exact) mass is 268 g/mol. The lowest BCUT2D eigenvalue weighted by atomic mass is 9.86. The number of nitrogens with zero attached hydrogens (tertiary/aromatic N) is 1. The van der Waals surface area contributed by atoms with Crippen molar-refractivity contribution >= 4 is 0 Å². The molecule has 4 heteroatoms. The Labute approximate surface area is 116 Å². The molecule has 4 atom stereocenters. The third kappa shape index (κ3) is 2.68. The van der Waals surface area contributed by atoms with Crippen molar-refractivity contribution in [2.24, 2.45) is 11.7 Å². The summed E-state index contributed by atoms with van der Waals surface area (Å²) in [5, 5.41) is 9.52. The maximum absolute atomic E-state index is 9.52. The molecular weight excluding hydrogens is 240 g/mol. The number of aliphatic hydroxyl groups is 1. The van der Waals surface area contributed by atoms with Crippen LogP contribution in [0, 0.1) is 5.92 Å². The molecule has 19 heavy (non-hydrogen) atoms. The van der Waals surface area contributed by atoms with Crippen LogP contribution in [-0.2, 0) is 4.74 Å². The highest BCUT2D eigenvalue weighted by Gasteiger charge is 2.40. The van der Waals surface area contributed by atoms with E-state index in [1.165, 1.54) is 32.1 Å². The fourth-order valence-electron chi connectivity index (χ4n) is 4.41. The van der Waals surface area contributed by atoms with Crippen LogP contribution in [0.4, 0.5) is 0 Å². The molecule has 2 aliphatic carbocycles. The zero-order chi connectivity index (χ0) is 13.3. The van der Waals surface area contributed by atoms with E-state index in [2.05, 4.69) is 4.90 Å². The first-order valence-electron chi connectivity index (χ1n) is 7.98. The maximum atomic E-state index is 9.52. The molecule has 0 radical (unpaired) electrons. The summed E-state index contributed by atoms with van der Waals surface area (Å²) >= 11 is 0. The van der Waals surface area contributed by atoms with Crippen LogP contribution >= 0.6 is 0 Å². The highest BCUT2D eigenvalue weighted by atomic mass is 16.5. The number of morpholine rings is 1. The van der Waals surface area contributed by atoms with Gasteiger partial charge in [-0.1, -0.05) is 6.42 Å². The lowest BCUT2D eigenvalue weighted by Crippen LogP contribution is -2.51. The topological polar surface area (TPSA) is 58.7 Å². The molecule has 0 amide bonds. The molecule has 2 saturated carbocycles. The molecule has 110 valence electrons. The summed E-state index contributed by atoms with van der Waals surface area (Å²) in [5.74, 6) is 0.500. The smallest absolute Gasteiger partial charge is 0.0730 e. The number of hydrogen-bond acceptors (Lipinski definition) is 4. The summed E-state index contributed by atoms with van der Waals surface area (Å²) in [6, 6.07) is 0.649. The molecule has 0 aromatic heterocycles. The number of fused-ring (bicyclic) bond motifs is 1. The van der Waals surface area contributed by atoms with Gasteiger partial charge in [0.15, 0.2) is 0 Å². The molecule has 4 nitrogen and oxygen atoms in total. The van der Waals surface area contributed by atoms with Crippen molar-refractivity contribution in [3.8, 4) is 0 Å². The minimum Gasteiger partial charge on any atom is -0.394 e. The Balaban J connectivity index is 1.54. The Morgan fingerprint density at radius 2 is 2.16 bits per heavy atom. The summed E-state index contributed by atoms with van der Waals surface area (Å²) in [7, 11) is 0. The van der Waals surface area contributed by atoms with E-state index in [4.69, 9.17) is 10.5 Å². The Morgan fingerprint density at radius 3 is 3.00 bits per heavy atom. The highest BCUT2D eigenvalue weighted by molar-refractivity contribution is 4.97. The minimum atomic E-state index is -0.304. The average molecular weight is 268 g/mol. The fourth-order valence-corrected chi connectivity index (χ4v) is 4.41. The predicted molar refractivity (Wildman–Crippen MR) is 74.9 cm³/mol. The molecule has 0 aromatic carbocycles. The molecular formula is C15H28N2O2. The number of aliphatic hydroxyl groups excluding tert-OH is 1. The van der Waals surface area contributed by atoms with Gasteiger partial charge in [0.05, 0.1) is 19.3 Å². The standard InChI is InChI=1S/C15H28N2O2/c16-15(11-18)7-2-3-12(15)6-8-17-9-10-19-14-5-1-4-13(14)17/h12-14,18H,1-11,16H2. The van der Waals surface area contributed by atoms with Gasteiger partial charge in [-0.2, -0.15) is 0 Å². The molecule has 1 saturated heterocycles. The Morgan fingerprint density at radius 1 is 1.26 bits per heavy atom. The van der Waals surface area contributed by atoms with Crippen LogP contribution in [0.2, 0.25) is 0 Å². The van der Waals surface area contributed by atoms with Crippen LogP contribution < -0.4 is 5.73 Å². The van der Waals surface area contributed by atoms with E-state index < -0.39 is 0 Å². The first-order chi connectivity index (χ1) is 9.23. The first-order valence-corrected chi connectivity index (χ1v) is 7.98. The van der Waals surface area contributed by atoms with Gasteiger partial charge >= 0.3 is 0 Å². The van der Waals surface area contributed by atoms with Crippen molar-refractivity contribution in [1.29, 1.82) is 0 Å². The van der Waals surface area contributed by atoms with Gasteiger partial charge in [0.25, 0.3) is 0 Å². The van der Waals surface area contributed by atoms with Crippen molar-refractivity contribution < 1.29 is 9.84 Å².